The Morgan fingerprint density at radius 3 is 2.44 bits per heavy atom. The normalized spacial score (nSPS) is 34.5. The van der Waals surface area contributed by atoms with Crippen LogP contribution in [0, 0.1) is 17.3 Å². The van der Waals surface area contributed by atoms with Crippen molar-refractivity contribution in [1.82, 2.24) is 4.90 Å². The van der Waals surface area contributed by atoms with Gasteiger partial charge in [-0.15, -0.1) is 0 Å². The summed E-state index contributed by atoms with van der Waals surface area (Å²) in [4.78, 5) is 13.7. The van der Waals surface area contributed by atoms with E-state index in [1.807, 2.05) is 4.90 Å². The van der Waals surface area contributed by atoms with Crippen molar-refractivity contribution in [2.75, 3.05) is 6.61 Å². The molecule has 16 heavy (non-hydrogen) atoms. The molecule has 3 heteroatoms. The van der Waals surface area contributed by atoms with Crippen molar-refractivity contribution in [3.63, 3.8) is 0 Å². The predicted octanol–water partition coefficient (Wildman–Crippen LogP) is 2.90. The molecule has 3 nitrogen and oxygen atoms in total. The van der Waals surface area contributed by atoms with Gasteiger partial charge in [0.05, 0.1) is 6.04 Å². The Balaban J connectivity index is 2.07. The lowest BCUT2D eigenvalue weighted by molar-refractivity contribution is 0.148. The molecule has 2 aliphatic rings. The lowest BCUT2D eigenvalue weighted by Gasteiger charge is -2.27. The SMILES string of the molecule is CC(C)[C@H]1COC(=O)N1[C@H]1C[C@@H]1C(C)(C)C. The van der Waals surface area contributed by atoms with Crippen molar-refractivity contribution in [2.45, 2.75) is 53.1 Å². The van der Waals surface area contributed by atoms with Crippen LogP contribution in [0.1, 0.15) is 41.0 Å². The maximum atomic E-state index is 11.7. The van der Waals surface area contributed by atoms with E-state index in [9.17, 15) is 4.79 Å². The van der Waals surface area contributed by atoms with E-state index in [0.717, 1.165) is 6.42 Å². The first-order valence-corrected chi connectivity index (χ1v) is 6.27. The van der Waals surface area contributed by atoms with Crippen LogP contribution in [-0.2, 0) is 4.74 Å². The predicted molar refractivity (Wildman–Crippen MR) is 63.2 cm³/mol. The quantitative estimate of drug-likeness (QED) is 0.723. The topological polar surface area (TPSA) is 29.5 Å². The summed E-state index contributed by atoms with van der Waals surface area (Å²) in [6.45, 7) is 11.7. The number of cyclic esters (lactones) is 1. The minimum atomic E-state index is -0.101. The average molecular weight is 225 g/mol. The van der Waals surface area contributed by atoms with Crippen molar-refractivity contribution in [1.29, 1.82) is 0 Å². The highest BCUT2D eigenvalue weighted by Gasteiger charge is 2.54. The van der Waals surface area contributed by atoms with Crippen molar-refractivity contribution in [2.24, 2.45) is 17.3 Å². The summed E-state index contributed by atoms with van der Waals surface area (Å²) >= 11 is 0. The van der Waals surface area contributed by atoms with Crippen LogP contribution >= 0.6 is 0 Å². The Hall–Kier alpha value is -0.730. The van der Waals surface area contributed by atoms with Gasteiger partial charge in [0.15, 0.2) is 0 Å². The Labute approximate surface area is 98.1 Å². The van der Waals surface area contributed by atoms with Crippen LogP contribution in [0.4, 0.5) is 4.79 Å². The highest BCUT2D eigenvalue weighted by Crippen LogP contribution is 2.50. The van der Waals surface area contributed by atoms with E-state index in [0.29, 0.717) is 29.9 Å². The van der Waals surface area contributed by atoms with Gasteiger partial charge in [0.2, 0.25) is 0 Å². The molecule has 0 unspecified atom stereocenters. The van der Waals surface area contributed by atoms with E-state index in [2.05, 4.69) is 34.6 Å². The highest BCUT2D eigenvalue weighted by atomic mass is 16.6. The fraction of sp³-hybridized carbons (Fsp3) is 0.923. The number of nitrogens with zero attached hydrogens (tertiary/aromatic N) is 1. The summed E-state index contributed by atoms with van der Waals surface area (Å²) < 4.78 is 5.19. The zero-order valence-corrected chi connectivity index (χ0v) is 11.0. The molecule has 0 aromatic rings. The van der Waals surface area contributed by atoms with Gasteiger partial charge in [-0.2, -0.15) is 0 Å². The minimum absolute atomic E-state index is 0.101. The molecule has 1 amide bonds. The summed E-state index contributed by atoms with van der Waals surface area (Å²) in [5, 5.41) is 0. The molecule has 0 aromatic heterocycles. The smallest absolute Gasteiger partial charge is 0.410 e. The maximum Gasteiger partial charge on any atom is 0.410 e. The van der Waals surface area contributed by atoms with E-state index in [1.54, 1.807) is 0 Å². The molecule has 92 valence electrons. The lowest BCUT2D eigenvalue weighted by Crippen LogP contribution is -2.40. The van der Waals surface area contributed by atoms with Gasteiger partial charge < -0.3 is 4.74 Å². The van der Waals surface area contributed by atoms with E-state index < -0.39 is 0 Å². The first-order chi connectivity index (χ1) is 7.32. The number of carbonyl (C=O) groups is 1. The third-order valence-corrected chi connectivity index (χ3v) is 3.94. The Morgan fingerprint density at radius 1 is 1.38 bits per heavy atom. The van der Waals surface area contributed by atoms with Gasteiger partial charge in [-0.1, -0.05) is 34.6 Å². The van der Waals surface area contributed by atoms with Gasteiger partial charge in [0, 0.05) is 6.04 Å². The van der Waals surface area contributed by atoms with E-state index in [4.69, 9.17) is 4.74 Å². The molecule has 0 radical (unpaired) electrons. The molecule has 2 fully saturated rings. The van der Waals surface area contributed by atoms with Crippen LogP contribution in [-0.4, -0.2) is 29.7 Å². The van der Waals surface area contributed by atoms with Crippen molar-refractivity contribution in [3.8, 4) is 0 Å². The van der Waals surface area contributed by atoms with Crippen LogP contribution in [0.15, 0.2) is 0 Å². The highest BCUT2D eigenvalue weighted by molar-refractivity contribution is 5.71. The number of carbonyl (C=O) groups excluding carboxylic acids is 1. The van der Waals surface area contributed by atoms with Gasteiger partial charge in [-0.25, -0.2) is 4.79 Å². The third-order valence-electron chi connectivity index (χ3n) is 3.94. The van der Waals surface area contributed by atoms with Gasteiger partial charge in [-0.05, 0) is 23.7 Å². The molecule has 0 bridgehead atoms. The van der Waals surface area contributed by atoms with Crippen molar-refractivity contribution >= 4 is 6.09 Å². The second-order valence-electron chi connectivity index (χ2n) is 6.57. The standard InChI is InChI=1S/C13H23NO2/c1-8(2)11-7-16-12(15)14(11)10-6-9(10)13(3,4)5/h8-11H,6-7H2,1-5H3/t9-,10-,11+/m0/s1. The molecular formula is C13H23NO2. The summed E-state index contributed by atoms with van der Waals surface area (Å²) in [6.07, 6.45) is 1.04. The molecule has 1 aliphatic heterocycles. The van der Waals surface area contributed by atoms with Crippen LogP contribution < -0.4 is 0 Å². The van der Waals surface area contributed by atoms with E-state index >= 15 is 0 Å². The monoisotopic (exact) mass is 225 g/mol. The number of hydrogen-bond acceptors (Lipinski definition) is 2. The fourth-order valence-electron chi connectivity index (χ4n) is 2.76. The zero-order valence-electron chi connectivity index (χ0n) is 11.0. The average Bonchev–Trinajstić information content (AvgIpc) is 2.83. The van der Waals surface area contributed by atoms with Crippen LogP contribution in [0.25, 0.3) is 0 Å². The molecule has 1 aliphatic carbocycles. The van der Waals surface area contributed by atoms with Gasteiger partial charge in [0.25, 0.3) is 0 Å². The van der Waals surface area contributed by atoms with Crippen LogP contribution in [0.3, 0.4) is 0 Å². The Kier molecular flexibility index (Phi) is 2.67. The molecule has 0 aromatic carbocycles. The van der Waals surface area contributed by atoms with Gasteiger partial charge in [0.1, 0.15) is 6.61 Å². The van der Waals surface area contributed by atoms with Crippen molar-refractivity contribution < 1.29 is 9.53 Å². The van der Waals surface area contributed by atoms with Gasteiger partial charge >= 0.3 is 6.09 Å². The molecule has 1 saturated carbocycles. The molecule has 1 saturated heterocycles. The van der Waals surface area contributed by atoms with Crippen molar-refractivity contribution in [3.05, 3.63) is 0 Å². The van der Waals surface area contributed by atoms with Crippen LogP contribution in [0.5, 0.6) is 0 Å². The second kappa shape index (κ2) is 3.64. The summed E-state index contributed by atoms with van der Waals surface area (Å²) in [5.74, 6) is 1.12. The molecular weight excluding hydrogens is 202 g/mol. The molecule has 1 heterocycles. The second-order valence-corrected chi connectivity index (χ2v) is 6.57. The molecule has 0 N–H and O–H groups in total. The lowest BCUT2D eigenvalue weighted by atomic mass is 9.89. The van der Waals surface area contributed by atoms with E-state index in [-0.39, 0.29) is 12.1 Å². The minimum Gasteiger partial charge on any atom is -0.447 e. The number of amides is 1. The largest absolute Gasteiger partial charge is 0.447 e. The summed E-state index contributed by atoms with van der Waals surface area (Å²) in [5.41, 5.74) is 0.301. The number of rotatable bonds is 2. The van der Waals surface area contributed by atoms with E-state index in [1.165, 1.54) is 0 Å². The summed E-state index contributed by atoms with van der Waals surface area (Å²) in [6, 6.07) is 0.701. The zero-order chi connectivity index (χ0) is 12.1. The third kappa shape index (κ3) is 1.92. The Morgan fingerprint density at radius 2 is 2.00 bits per heavy atom. The summed E-state index contributed by atoms with van der Waals surface area (Å²) in [7, 11) is 0. The maximum absolute atomic E-state index is 11.7. The molecule has 0 spiro atoms. The first-order valence-electron chi connectivity index (χ1n) is 6.27. The fourth-order valence-corrected chi connectivity index (χ4v) is 2.76. The number of ether oxygens (including phenoxy) is 1. The molecule has 2 rings (SSSR count). The van der Waals surface area contributed by atoms with Gasteiger partial charge in [-0.3, -0.25) is 4.90 Å². The van der Waals surface area contributed by atoms with Crippen LogP contribution in [0.2, 0.25) is 0 Å². The number of hydrogen-bond donors (Lipinski definition) is 0. The Bertz CT molecular complexity index is 293. The first kappa shape index (κ1) is 11.7. The molecule has 3 atom stereocenters.